The summed E-state index contributed by atoms with van der Waals surface area (Å²) in [5.74, 6) is 0.596. The van der Waals surface area contributed by atoms with Crippen LogP contribution in [-0.4, -0.2) is 27.9 Å². The summed E-state index contributed by atoms with van der Waals surface area (Å²) in [7, 11) is 1.57. The molecule has 4 aromatic rings. The summed E-state index contributed by atoms with van der Waals surface area (Å²) in [6.07, 6.45) is 1.46. The number of rotatable bonds is 3. The van der Waals surface area contributed by atoms with Gasteiger partial charge in [-0.25, -0.2) is 15.0 Å². The normalized spacial score (nSPS) is 11.0. The maximum absolute atomic E-state index is 11.9. The van der Waals surface area contributed by atoms with Crippen molar-refractivity contribution in [3.8, 4) is 0 Å². The van der Waals surface area contributed by atoms with E-state index in [9.17, 15) is 4.79 Å². The summed E-state index contributed by atoms with van der Waals surface area (Å²) in [4.78, 5) is 24.6. The molecule has 1 amide bonds. The lowest BCUT2D eigenvalue weighted by Gasteiger charge is -2.08. The van der Waals surface area contributed by atoms with E-state index >= 15 is 0 Å². The van der Waals surface area contributed by atoms with Gasteiger partial charge in [-0.3, -0.25) is 4.79 Å². The molecular formula is C18H14ClN5O2. The zero-order valence-corrected chi connectivity index (χ0v) is 14.8. The van der Waals surface area contributed by atoms with E-state index < -0.39 is 0 Å². The summed E-state index contributed by atoms with van der Waals surface area (Å²) in [5, 5.41) is 7.02. The number of nitrogens with zero attached hydrogens (tertiary/aromatic N) is 3. The summed E-state index contributed by atoms with van der Waals surface area (Å²) < 4.78 is 5.65. The van der Waals surface area contributed by atoms with Gasteiger partial charge in [0.2, 0.25) is 0 Å². The molecular weight excluding hydrogens is 354 g/mol. The zero-order chi connectivity index (χ0) is 18.3. The van der Waals surface area contributed by atoms with Crippen molar-refractivity contribution >= 4 is 51.0 Å². The van der Waals surface area contributed by atoms with E-state index in [0.29, 0.717) is 33.3 Å². The minimum atomic E-state index is -0.256. The number of amides is 1. The average molecular weight is 368 g/mol. The first-order chi connectivity index (χ1) is 12.6. The number of carbonyl (C=O) groups excluding carboxylic acids is 1. The highest BCUT2D eigenvalue weighted by Gasteiger charge is 2.17. The Labute approximate surface area is 153 Å². The SMILES string of the molecule is CNC(=O)c1oc2ccc(Nc3ncnc4ccc(Cl)nc34)cc2c1C. The van der Waals surface area contributed by atoms with Crippen LogP contribution in [0.4, 0.5) is 11.5 Å². The minimum absolute atomic E-state index is 0.256. The number of hydrogen-bond donors (Lipinski definition) is 2. The molecule has 0 aliphatic heterocycles. The number of pyridine rings is 1. The number of aryl methyl sites for hydroxylation is 1. The molecule has 0 fully saturated rings. The van der Waals surface area contributed by atoms with Crippen LogP contribution in [0.1, 0.15) is 16.1 Å². The highest BCUT2D eigenvalue weighted by Crippen LogP contribution is 2.30. The van der Waals surface area contributed by atoms with Gasteiger partial charge in [0, 0.05) is 23.7 Å². The molecule has 3 aromatic heterocycles. The summed E-state index contributed by atoms with van der Waals surface area (Å²) in [6, 6.07) is 9.02. The van der Waals surface area contributed by atoms with Crippen LogP contribution >= 0.6 is 11.6 Å². The van der Waals surface area contributed by atoms with Crippen LogP contribution in [0.15, 0.2) is 41.1 Å². The average Bonchev–Trinajstić information content (AvgIpc) is 2.98. The molecule has 0 saturated carbocycles. The Hall–Kier alpha value is -3.19. The van der Waals surface area contributed by atoms with Crippen LogP contribution < -0.4 is 10.6 Å². The van der Waals surface area contributed by atoms with E-state index in [-0.39, 0.29) is 5.91 Å². The van der Waals surface area contributed by atoms with Crippen molar-refractivity contribution in [1.82, 2.24) is 20.3 Å². The fraction of sp³-hybridized carbons (Fsp3) is 0.111. The number of anilines is 2. The molecule has 0 aliphatic carbocycles. The molecule has 0 unspecified atom stereocenters. The largest absolute Gasteiger partial charge is 0.451 e. The van der Waals surface area contributed by atoms with Gasteiger partial charge >= 0.3 is 0 Å². The first kappa shape index (κ1) is 16.3. The van der Waals surface area contributed by atoms with Crippen LogP contribution in [-0.2, 0) is 0 Å². The van der Waals surface area contributed by atoms with Crippen LogP contribution in [0.3, 0.4) is 0 Å². The molecule has 1 aromatic carbocycles. The Balaban J connectivity index is 1.77. The molecule has 26 heavy (non-hydrogen) atoms. The Morgan fingerprint density at radius 3 is 2.85 bits per heavy atom. The van der Waals surface area contributed by atoms with Crippen molar-refractivity contribution < 1.29 is 9.21 Å². The minimum Gasteiger partial charge on any atom is -0.451 e. The van der Waals surface area contributed by atoms with Crippen LogP contribution in [0.25, 0.3) is 22.0 Å². The third-order valence-electron chi connectivity index (χ3n) is 4.08. The van der Waals surface area contributed by atoms with Crippen molar-refractivity contribution in [3.05, 3.63) is 53.1 Å². The molecule has 7 nitrogen and oxygen atoms in total. The molecule has 0 saturated heterocycles. The third kappa shape index (κ3) is 2.72. The molecule has 0 aliphatic rings. The number of nitrogens with one attached hydrogen (secondary N) is 2. The Kier molecular flexibility index (Phi) is 3.93. The van der Waals surface area contributed by atoms with Gasteiger partial charge in [0.05, 0.1) is 5.52 Å². The second-order valence-corrected chi connectivity index (χ2v) is 6.08. The summed E-state index contributed by atoms with van der Waals surface area (Å²) >= 11 is 5.99. The maximum atomic E-state index is 11.9. The molecule has 0 spiro atoms. The fourth-order valence-corrected chi connectivity index (χ4v) is 2.92. The number of furan rings is 1. The van der Waals surface area contributed by atoms with E-state index in [4.69, 9.17) is 16.0 Å². The molecule has 0 radical (unpaired) electrons. The monoisotopic (exact) mass is 367 g/mol. The zero-order valence-electron chi connectivity index (χ0n) is 14.0. The number of fused-ring (bicyclic) bond motifs is 2. The van der Waals surface area contributed by atoms with Crippen LogP contribution in [0.2, 0.25) is 5.15 Å². The van der Waals surface area contributed by atoms with Crippen molar-refractivity contribution in [1.29, 1.82) is 0 Å². The van der Waals surface area contributed by atoms with Gasteiger partial charge in [0.15, 0.2) is 11.6 Å². The lowest BCUT2D eigenvalue weighted by atomic mass is 10.1. The Bertz CT molecular complexity index is 1160. The summed E-state index contributed by atoms with van der Waals surface area (Å²) in [6.45, 7) is 1.85. The van der Waals surface area contributed by atoms with E-state index in [0.717, 1.165) is 16.6 Å². The lowest BCUT2D eigenvalue weighted by Crippen LogP contribution is -2.17. The van der Waals surface area contributed by atoms with Gasteiger partial charge in [-0.05, 0) is 37.3 Å². The standard InChI is InChI=1S/C18H14ClN5O2/c1-9-11-7-10(3-5-13(11)26-16(9)18(25)20-2)23-17-15-12(21-8-22-17)4-6-14(19)24-15/h3-8H,1-2H3,(H,20,25)(H,21,22,23). The van der Waals surface area contributed by atoms with Crippen LogP contribution in [0, 0.1) is 6.92 Å². The number of carbonyl (C=O) groups is 1. The van der Waals surface area contributed by atoms with Crippen molar-refractivity contribution in [2.24, 2.45) is 0 Å². The van der Waals surface area contributed by atoms with E-state index in [1.165, 1.54) is 6.33 Å². The van der Waals surface area contributed by atoms with Gasteiger partial charge in [-0.2, -0.15) is 0 Å². The Morgan fingerprint density at radius 2 is 2.04 bits per heavy atom. The van der Waals surface area contributed by atoms with Gasteiger partial charge in [0.25, 0.3) is 5.91 Å². The predicted molar refractivity (Wildman–Crippen MR) is 100.0 cm³/mol. The van der Waals surface area contributed by atoms with E-state index in [1.54, 1.807) is 25.2 Å². The third-order valence-corrected chi connectivity index (χ3v) is 4.29. The highest BCUT2D eigenvalue weighted by atomic mass is 35.5. The van der Waals surface area contributed by atoms with Crippen molar-refractivity contribution in [2.45, 2.75) is 6.92 Å². The topological polar surface area (TPSA) is 92.9 Å². The predicted octanol–water partition coefficient (Wildman–Crippen LogP) is 3.84. The van der Waals surface area contributed by atoms with E-state index in [1.807, 2.05) is 19.1 Å². The van der Waals surface area contributed by atoms with E-state index in [2.05, 4.69) is 25.6 Å². The quantitative estimate of drug-likeness (QED) is 0.534. The molecule has 130 valence electrons. The molecule has 8 heteroatoms. The first-order valence-electron chi connectivity index (χ1n) is 7.86. The molecule has 4 rings (SSSR count). The first-order valence-corrected chi connectivity index (χ1v) is 8.24. The maximum Gasteiger partial charge on any atom is 0.287 e. The van der Waals surface area contributed by atoms with Gasteiger partial charge in [-0.1, -0.05) is 11.6 Å². The molecule has 0 atom stereocenters. The number of halogens is 1. The van der Waals surface area contributed by atoms with Crippen LogP contribution in [0.5, 0.6) is 0 Å². The second-order valence-electron chi connectivity index (χ2n) is 5.70. The van der Waals surface area contributed by atoms with Gasteiger partial charge in [0.1, 0.15) is 22.6 Å². The highest BCUT2D eigenvalue weighted by molar-refractivity contribution is 6.29. The molecule has 2 N–H and O–H groups in total. The van der Waals surface area contributed by atoms with Crippen molar-refractivity contribution in [3.63, 3.8) is 0 Å². The number of aromatic nitrogens is 3. The fourth-order valence-electron chi connectivity index (χ4n) is 2.77. The van der Waals surface area contributed by atoms with Gasteiger partial charge < -0.3 is 15.1 Å². The number of hydrogen-bond acceptors (Lipinski definition) is 6. The summed E-state index contributed by atoms with van der Waals surface area (Å²) in [5.41, 5.74) is 3.47. The second kappa shape index (κ2) is 6.27. The van der Waals surface area contributed by atoms with Gasteiger partial charge in [-0.15, -0.1) is 0 Å². The van der Waals surface area contributed by atoms with Crippen molar-refractivity contribution in [2.75, 3.05) is 12.4 Å². The molecule has 3 heterocycles. The smallest absolute Gasteiger partial charge is 0.287 e. The Morgan fingerprint density at radius 1 is 1.19 bits per heavy atom. The number of benzene rings is 1. The lowest BCUT2D eigenvalue weighted by molar-refractivity contribution is 0.0937. The molecule has 0 bridgehead atoms.